The van der Waals surface area contributed by atoms with Crippen molar-refractivity contribution in [2.45, 2.75) is 13.8 Å². The van der Waals surface area contributed by atoms with Crippen molar-refractivity contribution in [2.24, 2.45) is 0 Å². The van der Waals surface area contributed by atoms with Gasteiger partial charge in [-0.15, -0.1) is 11.3 Å². The molecule has 1 aliphatic heterocycles. The van der Waals surface area contributed by atoms with Crippen LogP contribution in [0.1, 0.15) is 18.7 Å². The molecule has 2 amide bonds. The molecular formula is C22H15ClN2O3S. The van der Waals surface area contributed by atoms with E-state index in [1.54, 1.807) is 32.1 Å². The van der Waals surface area contributed by atoms with E-state index in [9.17, 15) is 14.9 Å². The van der Waals surface area contributed by atoms with Crippen molar-refractivity contribution in [1.29, 1.82) is 5.26 Å². The van der Waals surface area contributed by atoms with Gasteiger partial charge in [0.25, 0.3) is 11.8 Å². The summed E-state index contributed by atoms with van der Waals surface area (Å²) in [4.78, 5) is 26.9. The number of halogens is 1. The van der Waals surface area contributed by atoms with Crippen molar-refractivity contribution in [1.82, 2.24) is 4.90 Å². The molecule has 0 aliphatic carbocycles. The van der Waals surface area contributed by atoms with Gasteiger partial charge in [-0.05, 0) is 55.8 Å². The average Bonchev–Trinajstić information content (AvgIpc) is 3.25. The molecule has 1 aliphatic rings. The molecular weight excluding hydrogens is 408 g/mol. The Bertz CT molecular complexity index is 1220. The zero-order chi connectivity index (χ0) is 20.7. The molecule has 0 saturated carbocycles. The molecule has 29 heavy (non-hydrogen) atoms. The van der Waals surface area contributed by atoms with Crippen molar-refractivity contribution in [2.75, 3.05) is 6.54 Å². The number of furan rings is 1. The van der Waals surface area contributed by atoms with Crippen LogP contribution >= 0.6 is 22.9 Å². The minimum Gasteiger partial charge on any atom is -0.455 e. The van der Waals surface area contributed by atoms with Crippen molar-refractivity contribution in [3.05, 3.63) is 63.0 Å². The molecule has 0 N–H and O–H groups in total. The largest absolute Gasteiger partial charge is 0.455 e. The molecule has 3 heterocycles. The van der Waals surface area contributed by atoms with E-state index in [0.29, 0.717) is 21.8 Å². The van der Waals surface area contributed by atoms with Crippen LogP contribution in [0.4, 0.5) is 0 Å². The molecule has 5 nitrogen and oxygen atoms in total. The third-order valence-corrected chi connectivity index (χ3v) is 6.05. The number of benzene rings is 1. The monoisotopic (exact) mass is 422 g/mol. The van der Waals surface area contributed by atoms with Crippen LogP contribution in [0.5, 0.6) is 0 Å². The Hall–Kier alpha value is -3.14. The van der Waals surface area contributed by atoms with Crippen LogP contribution in [0.3, 0.4) is 0 Å². The highest BCUT2D eigenvalue weighted by Crippen LogP contribution is 2.36. The first-order valence-corrected chi connectivity index (χ1v) is 10.1. The van der Waals surface area contributed by atoms with Gasteiger partial charge in [-0.1, -0.05) is 11.6 Å². The molecule has 144 valence electrons. The Balaban J connectivity index is 1.74. The van der Waals surface area contributed by atoms with Crippen LogP contribution in [0.15, 0.2) is 57.5 Å². The number of imide groups is 1. The van der Waals surface area contributed by atoms with Crippen LogP contribution in [0, 0.1) is 11.3 Å². The number of amides is 2. The van der Waals surface area contributed by atoms with Crippen LogP contribution in [0.25, 0.3) is 27.7 Å². The quantitative estimate of drug-likeness (QED) is 0.416. The van der Waals surface area contributed by atoms with Crippen molar-refractivity contribution in [3.63, 3.8) is 0 Å². The van der Waals surface area contributed by atoms with Crippen LogP contribution in [0.2, 0.25) is 5.02 Å². The number of fused-ring (bicyclic) bond motifs is 1. The predicted molar refractivity (Wildman–Crippen MR) is 113 cm³/mol. The van der Waals surface area contributed by atoms with E-state index in [4.69, 9.17) is 16.0 Å². The standard InChI is InChI=1S/C22H15ClN2O3S/c1-3-25-21(26)16(12(2)17(11-24)22(25)27)8-15-9-19-20(29-15)10-18(28-19)13-4-6-14(23)7-5-13/h4-10H,3H2,1-2H3/b16-8-. The highest BCUT2D eigenvalue weighted by molar-refractivity contribution is 7.19. The highest BCUT2D eigenvalue weighted by Gasteiger charge is 2.34. The van der Waals surface area contributed by atoms with Gasteiger partial charge in [0, 0.05) is 33.6 Å². The third kappa shape index (κ3) is 3.29. The lowest BCUT2D eigenvalue weighted by molar-refractivity contribution is -0.140. The second-order valence-corrected chi connectivity index (χ2v) is 8.07. The first kappa shape index (κ1) is 19.2. The van der Waals surface area contributed by atoms with Crippen molar-refractivity contribution >= 4 is 51.1 Å². The number of carbonyl (C=O) groups is 2. The molecule has 0 fully saturated rings. The smallest absolute Gasteiger partial charge is 0.271 e. The topological polar surface area (TPSA) is 74.3 Å². The highest BCUT2D eigenvalue weighted by atomic mass is 35.5. The Morgan fingerprint density at radius 1 is 1.21 bits per heavy atom. The Morgan fingerprint density at radius 3 is 2.55 bits per heavy atom. The average molecular weight is 423 g/mol. The van der Waals surface area contributed by atoms with Gasteiger partial charge >= 0.3 is 0 Å². The molecule has 0 radical (unpaired) electrons. The Labute approximate surface area is 176 Å². The van der Waals surface area contributed by atoms with Gasteiger partial charge in [-0.3, -0.25) is 14.5 Å². The Kier molecular flexibility index (Phi) is 4.87. The fraction of sp³-hybridized carbons (Fsp3) is 0.136. The predicted octanol–water partition coefficient (Wildman–Crippen LogP) is 5.43. The number of hydrogen-bond donors (Lipinski definition) is 0. The normalized spacial score (nSPS) is 16.2. The summed E-state index contributed by atoms with van der Waals surface area (Å²) < 4.78 is 6.88. The van der Waals surface area contributed by atoms with Gasteiger partial charge in [0.2, 0.25) is 0 Å². The molecule has 3 aromatic rings. The molecule has 2 aromatic heterocycles. The number of thiophene rings is 1. The molecule has 0 bridgehead atoms. The second kappa shape index (κ2) is 7.36. The van der Waals surface area contributed by atoms with E-state index in [1.165, 1.54) is 11.3 Å². The molecule has 0 unspecified atom stereocenters. The number of likely N-dealkylation sites (N-methyl/N-ethyl adjacent to an activating group) is 1. The van der Waals surface area contributed by atoms with Gasteiger partial charge < -0.3 is 4.42 Å². The first-order valence-electron chi connectivity index (χ1n) is 8.91. The van der Waals surface area contributed by atoms with Gasteiger partial charge in [0.05, 0.1) is 4.70 Å². The summed E-state index contributed by atoms with van der Waals surface area (Å²) in [6.07, 6.45) is 1.71. The van der Waals surface area contributed by atoms with Gasteiger partial charge in [0.15, 0.2) is 0 Å². The van der Waals surface area contributed by atoms with Gasteiger partial charge in [-0.2, -0.15) is 5.26 Å². The van der Waals surface area contributed by atoms with Crippen molar-refractivity contribution < 1.29 is 14.0 Å². The minimum atomic E-state index is -0.540. The van der Waals surface area contributed by atoms with Crippen LogP contribution in [-0.2, 0) is 9.59 Å². The molecule has 0 atom stereocenters. The molecule has 7 heteroatoms. The summed E-state index contributed by atoms with van der Waals surface area (Å²) in [6, 6.07) is 13.1. The van der Waals surface area contributed by atoms with E-state index >= 15 is 0 Å². The summed E-state index contributed by atoms with van der Waals surface area (Å²) in [6.45, 7) is 3.55. The van der Waals surface area contributed by atoms with Crippen molar-refractivity contribution in [3.8, 4) is 17.4 Å². The number of nitrogens with zero attached hydrogens (tertiary/aromatic N) is 2. The van der Waals surface area contributed by atoms with Gasteiger partial charge in [0.1, 0.15) is 23.0 Å². The van der Waals surface area contributed by atoms with E-state index in [0.717, 1.165) is 25.8 Å². The lowest BCUT2D eigenvalue weighted by Gasteiger charge is -2.26. The maximum atomic E-state index is 12.7. The fourth-order valence-electron chi connectivity index (χ4n) is 3.24. The lowest BCUT2D eigenvalue weighted by Crippen LogP contribution is -2.42. The zero-order valence-corrected chi connectivity index (χ0v) is 17.2. The second-order valence-electron chi connectivity index (χ2n) is 6.52. The summed E-state index contributed by atoms with van der Waals surface area (Å²) >= 11 is 7.41. The summed E-state index contributed by atoms with van der Waals surface area (Å²) in [5.41, 5.74) is 2.39. The number of rotatable bonds is 3. The van der Waals surface area contributed by atoms with Crippen LogP contribution in [-0.4, -0.2) is 23.3 Å². The molecule has 0 saturated heterocycles. The maximum absolute atomic E-state index is 12.7. The van der Waals surface area contributed by atoms with E-state index in [1.807, 2.05) is 30.3 Å². The van der Waals surface area contributed by atoms with E-state index in [-0.39, 0.29) is 18.0 Å². The Morgan fingerprint density at radius 2 is 1.93 bits per heavy atom. The van der Waals surface area contributed by atoms with E-state index in [2.05, 4.69) is 0 Å². The first-order chi connectivity index (χ1) is 13.9. The summed E-state index contributed by atoms with van der Waals surface area (Å²) in [5, 5.41) is 10.00. The van der Waals surface area contributed by atoms with Gasteiger partial charge in [-0.25, -0.2) is 0 Å². The summed E-state index contributed by atoms with van der Waals surface area (Å²) in [5.74, 6) is -0.190. The number of nitriles is 1. The summed E-state index contributed by atoms with van der Waals surface area (Å²) in [7, 11) is 0. The molecule has 4 rings (SSSR count). The molecule has 0 spiro atoms. The maximum Gasteiger partial charge on any atom is 0.271 e. The minimum absolute atomic E-state index is 0.00275. The number of hydrogen-bond acceptors (Lipinski definition) is 5. The third-order valence-electron chi connectivity index (χ3n) is 4.78. The van der Waals surface area contributed by atoms with Crippen LogP contribution < -0.4 is 0 Å². The number of carbonyl (C=O) groups excluding carboxylic acids is 2. The van der Waals surface area contributed by atoms with E-state index < -0.39 is 5.91 Å². The zero-order valence-electron chi connectivity index (χ0n) is 15.7. The fourth-order valence-corrected chi connectivity index (χ4v) is 4.33. The molecule has 1 aromatic carbocycles. The SMILES string of the molecule is CCN1C(=O)C(C#N)=C(C)/C(=C/c2cc3oc(-c4ccc(Cl)cc4)cc3s2)C1=O. The lowest BCUT2D eigenvalue weighted by atomic mass is 9.95.